The van der Waals surface area contributed by atoms with Crippen LogP contribution in [0.25, 0.3) is 10.9 Å². The summed E-state index contributed by atoms with van der Waals surface area (Å²) in [7, 11) is 2.21. The Kier molecular flexibility index (Phi) is 4.63. The molecule has 1 atom stereocenters. The highest BCUT2D eigenvalue weighted by Crippen LogP contribution is 2.47. The number of benzene rings is 2. The van der Waals surface area contributed by atoms with Crippen LogP contribution in [0, 0.1) is 5.82 Å². The summed E-state index contributed by atoms with van der Waals surface area (Å²) >= 11 is 0. The van der Waals surface area contributed by atoms with E-state index in [4.69, 9.17) is 0 Å². The fraction of sp³-hybridized carbons (Fsp3) is 0.423. The van der Waals surface area contributed by atoms with Crippen molar-refractivity contribution in [2.24, 2.45) is 0 Å². The van der Waals surface area contributed by atoms with Gasteiger partial charge < -0.3 is 14.8 Å². The summed E-state index contributed by atoms with van der Waals surface area (Å²) in [6.07, 6.45) is 3.53. The van der Waals surface area contributed by atoms with Gasteiger partial charge in [-0.15, -0.1) is 0 Å². The second kappa shape index (κ2) is 7.42. The van der Waals surface area contributed by atoms with Crippen molar-refractivity contribution in [2.45, 2.75) is 30.7 Å². The minimum absolute atomic E-state index is 0.00622. The Morgan fingerprint density at radius 1 is 1.06 bits per heavy atom. The minimum atomic E-state index is -0.291. The fourth-order valence-electron chi connectivity index (χ4n) is 6.10. The van der Waals surface area contributed by atoms with Crippen LogP contribution in [0.5, 0.6) is 0 Å². The third kappa shape index (κ3) is 3.16. The maximum Gasteiger partial charge on any atom is 0.274 e. The highest BCUT2D eigenvalue weighted by Gasteiger charge is 2.49. The number of anilines is 1. The number of rotatable bonds is 2. The van der Waals surface area contributed by atoms with Crippen molar-refractivity contribution in [3.63, 3.8) is 0 Å². The van der Waals surface area contributed by atoms with E-state index in [0.29, 0.717) is 18.3 Å². The standard InChI is InChI=1S/C26H29FN4O/c1-29-11-8-20(9-12-29)30-13-10-26(16-30)17-31(24-5-3-2-4-21(24)26)25(32)23-15-18-14-19(27)6-7-22(18)28-23/h2-7,14-15,20,28H,8-13,16-17H2,1H3/t26-/m0/s1. The topological polar surface area (TPSA) is 42.6 Å². The number of hydrogen-bond acceptors (Lipinski definition) is 3. The van der Waals surface area contributed by atoms with Gasteiger partial charge in [0.15, 0.2) is 0 Å². The molecule has 3 aliphatic heterocycles. The van der Waals surface area contributed by atoms with Crippen LogP contribution in [0.15, 0.2) is 48.5 Å². The number of carbonyl (C=O) groups is 1. The van der Waals surface area contributed by atoms with Crippen LogP contribution >= 0.6 is 0 Å². The van der Waals surface area contributed by atoms with E-state index < -0.39 is 0 Å². The third-order valence-corrected chi connectivity index (χ3v) is 7.87. The van der Waals surface area contributed by atoms with Crippen LogP contribution in [-0.2, 0) is 5.41 Å². The van der Waals surface area contributed by atoms with E-state index in [9.17, 15) is 9.18 Å². The first kappa shape index (κ1) is 19.9. The smallest absolute Gasteiger partial charge is 0.274 e. The van der Waals surface area contributed by atoms with Gasteiger partial charge in [-0.3, -0.25) is 9.69 Å². The van der Waals surface area contributed by atoms with Gasteiger partial charge >= 0.3 is 0 Å². The molecule has 1 amide bonds. The van der Waals surface area contributed by atoms with Crippen LogP contribution in [-0.4, -0.2) is 66.5 Å². The molecule has 32 heavy (non-hydrogen) atoms. The zero-order valence-corrected chi connectivity index (χ0v) is 18.5. The Balaban J connectivity index is 1.29. The molecule has 6 heteroatoms. The van der Waals surface area contributed by atoms with Crippen molar-refractivity contribution < 1.29 is 9.18 Å². The van der Waals surface area contributed by atoms with E-state index in [0.717, 1.165) is 49.2 Å². The summed E-state index contributed by atoms with van der Waals surface area (Å²) in [5.41, 5.74) is 3.61. The molecule has 2 saturated heterocycles. The molecule has 0 saturated carbocycles. The van der Waals surface area contributed by atoms with E-state index in [1.54, 1.807) is 12.1 Å². The van der Waals surface area contributed by atoms with Gasteiger partial charge in [0.2, 0.25) is 0 Å². The molecule has 6 rings (SSSR count). The molecule has 1 N–H and O–H groups in total. The summed E-state index contributed by atoms with van der Waals surface area (Å²) < 4.78 is 13.6. The summed E-state index contributed by atoms with van der Waals surface area (Å²) in [5.74, 6) is -0.329. The summed E-state index contributed by atoms with van der Waals surface area (Å²) in [6, 6.07) is 15.4. The van der Waals surface area contributed by atoms with Crippen LogP contribution in [0.4, 0.5) is 10.1 Å². The summed E-state index contributed by atoms with van der Waals surface area (Å²) in [5, 5.41) is 0.727. The SMILES string of the molecule is CN1CCC(N2CC[C@@]3(CN(C(=O)c4cc5cc(F)ccc5[nH]4)c4ccccc43)C2)CC1. The van der Waals surface area contributed by atoms with Crippen molar-refractivity contribution in [1.82, 2.24) is 14.8 Å². The van der Waals surface area contributed by atoms with Gasteiger partial charge in [-0.2, -0.15) is 0 Å². The van der Waals surface area contributed by atoms with Gasteiger partial charge in [-0.25, -0.2) is 4.39 Å². The predicted molar refractivity (Wildman–Crippen MR) is 125 cm³/mol. The summed E-state index contributed by atoms with van der Waals surface area (Å²) in [4.78, 5) is 23.8. The normalized spacial score (nSPS) is 24.6. The lowest BCUT2D eigenvalue weighted by Crippen LogP contribution is -2.45. The Bertz CT molecular complexity index is 1180. The van der Waals surface area contributed by atoms with Gasteiger partial charge in [-0.05, 0) is 81.8 Å². The van der Waals surface area contributed by atoms with Crippen LogP contribution in [0.1, 0.15) is 35.3 Å². The molecular formula is C26H29FN4O. The number of nitrogens with one attached hydrogen (secondary N) is 1. The maximum atomic E-state index is 13.6. The second-order valence-corrected chi connectivity index (χ2v) is 9.86. The van der Waals surface area contributed by atoms with E-state index in [1.165, 1.54) is 30.5 Å². The van der Waals surface area contributed by atoms with Gasteiger partial charge in [0.1, 0.15) is 11.5 Å². The molecule has 0 unspecified atom stereocenters. The number of H-pyrrole nitrogens is 1. The molecule has 2 fully saturated rings. The van der Waals surface area contributed by atoms with Crippen LogP contribution in [0.3, 0.4) is 0 Å². The number of piperidine rings is 1. The minimum Gasteiger partial charge on any atom is -0.351 e. The number of amides is 1. The predicted octanol–water partition coefficient (Wildman–Crippen LogP) is 4.01. The number of likely N-dealkylation sites (tertiary alicyclic amines) is 2. The number of fused-ring (bicyclic) bond motifs is 3. The lowest BCUT2D eigenvalue weighted by atomic mass is 9.81. The molecule has 3 aromatic rings. The van der Waals surface area contributed by atoms with Gasteiger partial charge in [-0.1, -0.05) is 18.2 Å². The highest BCUT2D eigenvalue weighted by atomic mass is 19.1. The van der Waals surface area contributed by atoms with Crippen molar-refractivity contribution >= 4 is 22.5 Å². The Labute approximate surface area is 187 Å². The monoisotopic (exact) mass is 432 g/mol. The van der Waals surface area contributed by atoms with E-state index >= 15 is 0 Å². The van der Waals surface area contributed by atoms with E-state index in [1.807, 2.05) is 11.0 Å². The van der Waals surface area contributed by atoms with Gasteiger partial charge in [0.25, 0.3) is 5.91 Å². The Hall–Kier alpha value is -2.70. The largest absolute Gasteiger partial charge is 0.351 e. The van der Waals surface area contributed by atoms with Gasteiger partial charge in [0, 0.05) is 41.1 Å². The number of carbonyl (C=O) groups excluding carboxylic acids is 1. The molecule has 166 valence electrons. The molecular weight excluding hydrogens is 403 g/mol. The number of aromatic nitrogens is 1. The number of aromatic amines is 1. The average Bonchev–Trinajstić information content (AvgIpc) is 3.50. The zero-order chi connectivity index (χ0) is 21.9. The molecule has 5 nitrogen and oxygen atoms in total. The van der Waals surface area contributed by atoms with E-state index in [2.05, 4.69) is 40.0 Å². The van der Waals surface area contributed by atoms with Crippen molar-refractivity contribution in [1.29, 1.82) is 0 Å². The molecule has 2 aromatic carbocycles. The van der Waals surface area contributed by atoms with Crippen LogP contribution in [0.2, 0.25) is 0 Å². The molecule has 0 radical (unpaired) electrons. The molecule has 3 aliphatic rings. The maximum absolute atomic E-state index is 13.6. The quantitative estimate of drug-likeness (QED) is 0.666. The molecule has 1 aromatic heterocycles. The lowest BCUT2D eigenvalue weighted by molar-refractivity contribution is 0.0979. The van der Waals surface area contributed by atoms with E-state index in [-0.39, 0.29) is 17.1 Å². The lowest BCUT2D eigenvalue weighted by Gasteiger charge is -2.36. The third-order valence-electron chi connectivity index (χ3n) is 7.87. The number of halogens is 1. The fourth-order valence-corrected chi connectivity index (χ4v) is 6.10. The van der Waals surface area contributed by atoms with Crippen molar-refractivity contribution in [3.05, 3.63) is 65.6 Å². The second-order valence-electron chi connectivity index (χ2n) is 9.86. The zero-order valence-electron chi connectivity index (χ0n) is 18.5. The first-order valence-corrected chi connectivity index (χ1v) is 11.6. The Morgan fingerprint density at radius 3 is 2.72 bits per heavy atom. The van der Waals surface area contributed by atoms with Gasteiger partial charge in [0.05, 0.1) is 0 Å². The van der Waals surface area contributed by atoms with Crippen molar-refractivity contribution in [2.75, 3.05) is 44.7 Å². The molecule has 0 aliphatic carbocycles. The van der Waals surface area contributed by atoms with Crippen LogP contribution < -0.4 is 4.90 Å². The molecule has 0 bridgehead atoms. The molecule has 1 spiro atoms. The molecule has 4 heterocycles. The number of nitrogens with zero attached hydrogens (tertiary/aromatic N) is 3. The summed E-state index contributed by atoms with van der Waals surface area (Å²) in [6.45, 7) is 5.14. The number of para-hydroxylation sites is 1. The number of hydrogen-bond donors (Lipinski definition) is 1. The van der Waals surface area contributed by atoms with Crippen molar-refractivity contribution in [3.8, 4) is 0 Å². The Morgan fingerprint density at radius 2 is 1.88 bits per heavy atom. The average molecular weight is 433 g/mol. The first-order valence-electron chi connectivity index (χ1n) is 11.6. The first-order chi connectivity index (χ1) is 15.5. The highest BCUT2D eigenvalue weighted by molar-refractivity contribution is 6.09.